The van der Waals surface area contributed by atoms with Gasteiger partial charge in [0.2, 0.25) is 5.91 Å². The summed E-state index contributed by atoms with van der Waals surface area (Å²) in [6.45, 7) is 4.13. The van der Waals surface area contributed by atoms with Gasteiger partial charge in [0.15, 0.2) is 0 Å². The van der Waals surface area contributed by atoms with Gasteiger partial charge in [0.1, 0.15) is 5.78 Å². The van der Waals surface area contributed by atoms with Gasteiger partial charge in [0, 0.05) is 18.9 Å². The Labute approximate surface area is 101 Å². The lowest BCUT2D eigenvalue weighted by atomic mass is 10.0. The van der Waals surface area contributed by atoms with Crippen LogP contribution in [0, 0.1) is 5.92 Å². The SMILES string of the molecule is CC(=O)[C@H]1CC(=O)N([C@H](C)c2ccccc2)C1. The van der Waals surface area contributed by atoms with Crippen LogP contribution in [0.3, 0.4) is 0 Å². The van der Waals surface area contributed by atoms with E-state index in [0.717, 1.165) is 5.56 Å². The first-order valence-electron chi connectivity index (χ1n) is 5.94. The summed E-state index contributed by atoms with van der Waals surface area (Å²) in [6, 6.07) is 9.97. The van der Waals surface area contributed by atoms with E-state index in [2.05, 4.69) is 0 Å². The van der Waals surface area contributed by atoms with E-state index in [0.29, 0.717) is 13.0 Å². The molecule has 1 saturated heterocycles. The number of benzene rings is 1. The second-order valence-corrected chi connectivity index (χ2v) is 4.64. The number of carbonyl (C=O) groups excluding carboxylic acids is 2. The molecule has 0 N–H and O–H groups in total. The van der Waals surface area contributed by atoms with Crippen molar-refractivity contribution in [1.82, 2.24) is 4.90 Å². The van der Waals surface area contributed by atoms with Gasteiger partial charge in [-0.3, -0.25) is 9.59 Å². The molecule has 0 unspecified atom stereocenters. The standard InChI is InChI=1S/C14H17NO2/c1-10(12-6-4-3-5-7-12)15-9-13(11(2)16)8-14(15)17/h3-7,10,13H,8-9H2,1-2H3/t10-,13+/m1/s1. The molecule has 0 aliphatic carbocycles. The van der Waals surface area contributed by atoms with Crippen molar-refractivity contribution >= 4 is 11.7 Å². The van der Waals surface area contributed by atoms with E-state index in [1.807, 2.05) is 37.3 Å². The Hall–Kier alpha value is -1.64. The van der Waals surface area contributed by atoms with Gasteiger partial charge >= 0.3 is 0 Å². The van der Waals surface area contributed by atoms with Crippen LogP contribution in [0.5, 0.6) is 0 Å². The molecule has 90 valence electrons. The van der Waals surface area contributed by atoms with E-state index in [1.165, 1.54) is 0 Å². The van der Waals surface area contributed by atoms with E-state index in [9.17, 15) is 9.59 Å². The van der Waals surface area contributed by atoms with Crippen molar-refractivity contribution in [2.24, 2.45) is 5.92 Å². The number of nitrogens with zero attached hydrogens (tertiary/aromatic N) is 1. The number of carbonyl (C=O) groups is 2. The minimum Gasteiger partial charge on any atom is -0.335 e. The van der Waals surface area contributed by atoms with Crippen LogP contribution in [0.4, 0.5) is 0 Å². The fourth-order valence-corrected chi connectivity index (χ4v) is 2.29. The summed E-state index contributed by atoms with van der Waals surface area (Å²) in [5, 5.41) is 0. The molecule has 1 aliphatic rings. The summed E-state index contributed by atoms with van der Waals surface area (Å²) in [5.74, 6) is 0.0799. The molecule has 1 fully saturated rings. The maximum atomic E-state index is 11.9. The maximum Gasteiger partial charge on any atom is 0.223 e. The largest absolute Gasteiger partial charge is 0.335 e. The van der Waals surface area contributed by atoms with E-state index in [1.54, 1.807) is 11.8 Å². The first kappa shape index (κ1) is 11.8. The molecule has 1 aromatic rings. The predicted octanol–water partition coefficient (Wildman–Crippen LogP) is 2.19. The number of hydrogen-bond acceptors (Lipinski definition) is 2. The monoisotopic (exact) mass is 231 g/mol. The number of ketones is 1. The third-order valence-corrected chi connectivity index (χ3v) is 3.48. The van der Waals surface area contributed by atoms with Crippen LogP contribution in [0.1, 0.15) is 31.9 Å². The molecular formula is C14H17NO2. The van der Waals surface area contributed by atoms with Gasteiger partial charge in [-0.2, -0.15) is 0 Å². The number of Topliss-reactive ketones (excluding diaryl/α,β-unsaturated/α-hetero) is 1. The van der Waals surface area contributed by atoms with Crippen LogP contribution in [-0.2, 0) is 9.59 Å². The fourth-order valence-electron chi connectivity index (χ4n) is 2.29. The molecule has 0 bridgehead atoms. The molecule has 0 spiro atoms. The smallest absolute Gasteiger partial charge is 0.223 e. The van der Waals surface area contributed by atoms with Crippen molar-refractivity contribution in [3.63, 3.8) is 0 Å². The van der Waals surface area contributed by atoms with Crippen molar-refractivity contribution in [2.45, 2.75) is 26.3 Å². The van der Waals surface area contributed by atoms with Crippen LogP contribution in [0.2, 0.25) is 0 Å². The number of rotatable bonds is 3. The molecule has 1 amide bonds. The molecule has 17 heavy (non-hydrogen) atoms. The highest BCUT2D eigenvalue weighted by Gasteiger charge is 2.35. The van der Waals surface area contributed by atoms with Crippen molar-refractivity contribution in [3.05, 3.63) is 35.9 Å². The van der Waals surface area contributed by atoms with Gasteiger partial charge < -0.3 is 4.90 Å². The summed E-state index contributed by atoms with van der Waals surface area (Å²) >= 11 is 0. The molecule has 1 aliphatic heterocycles. The summed E-state index contributed by atoms with van der Waals surface area (Å²) in [5.41, 5.74) is 1.12. The van der Waals surface area contributed by atoms with E-state index in [4.69, 9.17) is 0 Å². The van der Waals surface area contributed by atoms with Crippen molar-refractivity contribution in [1.29, 1.82) is 0 Å². The van der Waals surface area contributed by atoms with Gasteiger partial charge in [-0.15, -0.1) is 0 Å². The van der Waals surface area contributed by atoms with Crippen LogP contribution < -0.4 is 0 Å². The molecule has 3 heteroatoms. The molecular weight excluding hydrogens is 214 g/mol. The van der Waals surface area contributed by atoms with Crippen molar-refractivity contribution in [2.75, 3.05) is 6.54 Å². The Kier molecular flexibility index (Phi) is 3.27. The third kappa shape index (κ3) is 2.38. The lowest BCUT2D eigenvalue weighted by molar-refractivity contribution is -0.129. The summed E-state index contributed by atoms with van der Waals surface area (Å²) in [6.07, 6.45) is 0.368. The second-order valence-electron chi connectivity index (χ2n) is 4.64. The van der Waals surface area contributed by atoms with Gasteiger partial charge in [0.05, 0.1) is 6.04 Å². The predicted molar refractivity (Wildman–Crippen MR) is 65.4 cm³/mol. The highest BCUT2D eigenvalue weighted by Crippen LogP contribution is 2.28. The van der Waals surface area contributed by atoms with Crippen LogP contribution in [0.25, 0.3) is 0 Å². The Morgan fingerprint density at radius 1 is 1.35 bits per heavy atom. The number of likely N-dealkylation sites (tertiary alicyclic amines) is 1. The van der Waals surface area contributed by atoms with E-state index < -0.39 is 0 Å². The van der Waals surface area contributed by atoms with Crippen molar-refractivity contribution in [3.8, 4) is 0 Å². The molecule has 0 saturated carbocycles. The van der Waals surface area contributed by atoms with Gasteiger partial charge in [-0.1, -0.05) is 30.3 Å². The number of amides is 1. The number of hydrogen-bond donors (Lipinski definition) is 0. The van der Waals surface area contributed by atoms with Crippen LogP contribution >= 0.6 is 0 Å². The molecule has 2 rings (SSSR count). The highest BCUT2D eigenvalue weighted by atomic mass is 16.2. The summed E-state index contributed by atoms with van der Waals surface area (Å²) in [4.78, 5) is 25.0. The Bertz CT molecular complexity index is 427. The first-order valence-corrected chi connectivity index (χ1v) is 5.94. The minimum atomic E-state index is -0.117. The molecule has 0 radical (unpaired) electrons. The fraction of sp³-hybridized carbons (Fsp3) is 0.429. The second kappa shape index (κ2) is 4.70. The zero-order valence-corrected chi connectivity index (χ0v) is 10.2. The van der Waals surface area contributed by atoms with Gasteiger partial charge in [-0.25, -0.2) is 0 Å². The highest BCUT2D eigenvalue weighted by molar-refractivity contribution is 5.89. The molecule has 2 atom stereocenters. The summed E-state index contributed by atoms with van der Waals surface area (Å²) < 4.78 is 0. The zero-order chi connectivity index (χ0) is 12.4. The minimum absolute atomic E-state index is 0.0491. The quantitative estimate of drug-likeness (QED) is 0.799. The molecule has 0 aromatic heterocycles. The van der Waals surface area contributed by atoms with Gasteiger partial charge in [-0.05, 0) is 19.4 Å². The Morgan fingerprint density at radius 2 is 2.00 bits per heavy atom. The molecule has 1 aromatic carbocycles. The lowest BCUT2D eigenvalue weighted by Crippen LogP contribution is -2.29. The average molecular weight is 231 g/mol. The van der Waals surface area contributed by atoms with Crippen molar-refractivity contribution < 1.29 is 9.59 Å². The van der Waals surface area contributed by atoms with Crippen LogP contribution in [-0.4, -0.2) is 23.1 Å². The summed E-state index contributed by atoms with van der Waals surface area (Å²) in [7, 11) is 0. The third-order valence-electron chi connectivity index (χ3n) is 3.48. The molecule has 3 nitrogen and oxygen atoms in total. The normalized spacial score (nSPS) is 21.6. The average Bonchev–Trinajstić information content (AvgIpc) is 2.72. The topological polar surface area (TPSA) is 37.4 Å². The lowest BCUT2D eigenvalue weighted by Gasteiger charge is -2.25. The van der Waals surface area contributed by atoms with E-state index in [-0.39, 0.29) is 23.7 Å². The Morgan fingerprint density at radius 3 is 2.53 bits per heavy atom. The van der Waals surface area contributed by atoms with Crippen LogP contribution in [0.15, 0.2) is 30.3 Å². The molecule has 1 heterocycles. The van der Waals surface area contributed by atoms with E-state index >= 15 is 0 Å². The first-order chi connectivity index (χ1) is 8.09. The Balaban J connectivity index is 2.14. The zero-order valence-electron chi connectivity index (χ0n) is 10.2. The maximum absolute atomic E-state index is 11.9. The van der Waals surface area contributed by atoms with Gasteiger partial charge in [0.25, 0.3) is 0 Å².